The van der Waals surface area contributed by atoms with Crippen LogP contribution in [0.1, 0.15) is 25.6 Å². The van der Waals surface area contributed by atoms with Gasteiger partial charge in [0.15, 0.2) is 0 Å². The fourth-order valence-corrected chi connectivity index (χ4v) is 3.57. The van der Waals surface area contributed by atoms with Crippen LogP contribution in [0.4, 0.5) is 11.8 Å². The maximum Gasteiger partial charge on any atom is 0.223 e. The highest BCUT2D eigenvalue weighted by molar-refractivity contribution is 7.18. The van der Waals surface area contributed by atoms with Crippen molar-refractivity contribution in [2.45, 2.75) is 32.7 Å². The molecule has 1 aliphatic heterocycles. The van der Waals surface area contributed by atoms with Crippen LogP contribution in [-0.2, 0) is 11.2 Å². The monoisotopic (exact) mass is 292 g/mol. The molecule has 5 nitrogen and oxygen atoms in total. The van der Waals surface area contributed by atoms with Gasteiger partial charge >= 0.3 is 0 Å². The van der Waals surface area contributed by atoms with E-state index in [1.165, 1.54) is 4.88 Å². The van der Waals surface area contributed by atoms with Gasteiger partial charge in [0.25, 0.3) is 0 Å². The number of hydrogen-bond acceptors (Lipinski definition) is 6. The maximum atomic E-state index is 5.90. The fraction of sp³-hybridized carbons (Fsp3) is 0.571. The molecule has 3 rings (SSSR count). The van der Waals surface area contributed by atoms with Gasteiger partial charge in [0.1, 0.15) is 10.6 Å². The predicted octanol–water partition coefficient (Wildman–Crippen LogP) is 2.45. The Morgan fingerprint density at radius 1 is 1.45 bits per heavy atom. The van der Waals surface area contributed by atoms with Gasteiger partial charge in [-0.2, -0.15) is 4.98 Å². The van der Waals surface area contributed by atoms with Crippen LogP contribution in [0.2, 0.25) is 0 Å². The molecule has 0 aliphatic carbocycles. The number of nitrogens with two attached hydrogens (primary N) is 1. The van der Waals surface area contributed by atoms with E-state index in [0.717, 1.165) is 35.6 Å². The first-order valence-electron chi connectivity index (χ1n) is 6.92. The van der Waals surface area contributed by atoms with Gasteiger partial charge in [-0.1, -0.05) is 6.92 Å². The van der Waals surface area contributed by atoms with Gasteiger partial charge in [0, 0.05) is 11.4 Å². The van der Waals surface area contributed by atoms with Crippen molar-refractivity contribution in [3.8, 4) is 0 Å². The highest BCUT2D eigenvalue weighted by atomic mass is 32.1. The zero-order valence-electron chi connectivity index (χ0n) is 12.1. The van der Waals surface area contributed by atoms with Crippen molar-refractivity contribution in [1.29, 1.82) is 0 Å². The Bertz CT molecular complexity index is 637. The molecular weight excluding hydrogens is 272 g/mol. The standard InChI is InChI=1S/C14H20N4OS/c1-4-9-7-10-11(16-13(15)17-12(10)20-9)18-5-6-19-8-14(18,2)3/h7H,4-6,8H2,1-3H3,(H2,15,16,17). The van der Waals surface area contributed by atoms with E-state index >= 15 is 0 Å². The lowest BCUT2D eigenvalue weighted by atomic mass is 10.0. The average molecular weight is 292 g/mol. The smallest absolute Gasteiger partial charge is 0.223 e. The second kappa shape index (κ2) is 4.86. The molecule has 1 saturated heterocycles. The van der Waals surface area contributed by atoms with Crippen molar-refractivity contribution in [2.24, 2.45) is 0 Å². The molecule has 108 valence electrons. The molecule has 0 radical (unpaired) electrons. The number of fused-ring (bicyclic) bond motifs is 1. The van der Waals surface area contributed by atoms with Crippen LogP contribution in [0.25, 0.3) is 10.2 Å². The summed E-state index contributed by atoms with van der Waals surface area (Å²) in [5.74, 6) is 1.29. The first-order chi connectivity index (χ1) is 9.51. The van der Waals surface area contributed by atoms with Crippen molar-refractivity contribution in [1.82, 2.24) is 9.97 Å². The minimum atomic E-state index is -0.0830. The van der Waals surface area contributed by atoms with Gasteiger partial charge in [0.05, 0.1) is 24.1 Å². The molecule has 0 saturated carbocycles. The summed E-state index contributed by atoms with van der Waals surface area (Å²) < 4.78 is 5.59. The van der Waals surface area contributed by atoms with Crippen LogP contribution < -0.4 is 10.6 Å². The first kappa shape index (κ1) is 13.6. The Balaban J connectivity index is 2.16. The van der Waals surface area contributed by atoms with Crippen molar-refractivity contribution in [3.05, 3.63) is 10.9 Å². The lowest BCUT2D eigenvalue weighted by Crippen LogP contribution is -2.53. The summed E-state index contributed by atoms with van der Waals surface area (Å²) in [5, 5.41) is 1.11. The SMILES string of the molecule is CCc1cc2c(N3CCOCC3(C)C)nc(N)nc2s1. The molecule has 0 amide bonds. The molecule has 2 aromatic heterocycles. The van der Waals surface area contributed by atoms with Crippen molar-refractivity contribution in [3.63, 3.8) is 0 Å². The van der Waals surface area contributed by atoms with Gasteiger partial charge < -0.3 is 15.4 Å². The normalized spacial score (nSPS) is 18.6. The molecule has 2 N–H and O–H groups in total. The number of hydrogen-bond donors (Lipinski definition) is 1. The number of rotatable bonds is 2. The van der Waals surface area contributed by atoms with Crippen LogP contribution >= 0.6 is 11.3 Å². The van der Waals surface area contributed by atoms with E-state index in [4.69, 9.17) is 10.5 Å². The Labute approximate surface area is 122 Å². The molecule has 0 spiro atoms. The molecule has 0 bridgehead atoms. The van der Waals surface area contributed by atoms with Gasteiger partial charge in [-0.3, -0.25) is 0 Å². The van der Waals surface area contributed by atoms with Crippen molar-refractivity contribution >= 4 is 33.3 Å². The molecular formula is C14H20N4OS. The van der Waals surface area contributed by atoms with E-state index in [9.17, 15) is 0 Å². The molecule has 1 aliphatic rings. The summed E-state index contributed by atoms with van der Waals surface area (Å²) in [5.41, 5.74) is 5.81. The summed E-state index contributed by atoms with van der Waals surface area (Å²) in [6.45, 7) is 8.74. The number of aryl methyl sites for hydroxylation is 1. The van der Waals surface area contributed by atoms with Crippen LogP contribution in [0.5, 0.6) is 0 Å². The van der Waals surface area contributed by atoms with Crippen molar-refractivity contribution < 1.29 is 4.74 Å². The molecule has 0 aromatic carbocycles. The third-order valence-corrected chi connectivity index (χ3v) is 4.86. The highest BCUT2D eigenvalue weighted by Crippen LogP contribution is 2.35. The summed E-state index contributed by atoms with van der Waals surface area (Å²) in [6.07, 6.45) is 1.01. The molecule has 1 fully saturated rings. The van der Waals surface area contributed by atoms with Crippen LogP contribution in [0.15, 0.2) is 6.07 Å². The number of nitrogens with zero attached hydrogens (tertiary/aromatic N) is 3. The van der Waals surface area contributed by atoms with E-state index < -0.39 is 0 Å². The van der Waals surface area contributed by atoms with Crippen LogP contribution in [0, 0.1) is 0 Å². The number of anilines is 2. The predicted molar refractivity (Wildman–Crippen MR) is 83.4 cm³/mol. The van der Waals surface area contributed by atoms with Gasteiger partial charge in [-0.15, -0.1) is 11.3 Å². The Kier molecular flexibility index (Phi) is 3.30. The number of nitrogen functional groups attached to an aromatic ring is 1. The molecule has 0 unspecified atom stereocenters. The molecule has 3 heterocycles. The zero-order chi connectivity index (χ0) is 14.3. The van der Waals surface area contributed by atoms with E-state index in [-0.39, 0.29) is 5.54 Å². The lowest BCUT2D eigenvalue weighted by Gasteiger charge is -2.43. The minimum absolute atomic E-state index is 0.0830. The van der Waals surface area contributed by atoms with Gasteiger partial charge in [0.2, 0.25) is 5.95 Å². The first-order valence-corrected chi connectivity index (χ1v) is 7.74. The highest BCUT2D eigenvalue weighted by Gasteiger charge is 2.33. The van der Waals surface area contributed by atoms with Crippen LogP contribution in [-0.4, -0.2) is 35.3 Å². The number of thiophene rings is 1. The van der Waals surface area contributed by atoms with Gasteiger partial charge in [-0.05, 0) is 26.3 Å². The number of aromatic nitrogens is 2. The van der Waals surface area contributed by atoms with E-state index in [2.05, 4.69) is 41.7 Å². The number of morpholine rings is 1. The fourth-order valence-electron chi connectivity index (χ4n) is 2.60. The third kappa shape index (κ3) is 2.23. The molecule has 6 heteroatoms. The number of ether oxygens (including phenoxy) is 1. The summed E-state index contributed by atoms with van der Waals surface area (Å²) >= 11 is 1.70. The molecule has 0 atom stereocenters. The second-order valence-electron chi connectivity index (χ2n) is 5.71. The van der Waals surface area contributed by atoms with Crippen LogP contribution in [0.3, 0.4) is 0 Å². The summed E-state index contributed by atoms with van der Waals surface area (Å²) in [4.78, 5) is 13.5. The zero-order valence-corrected chi connectivity index (χ0v) is 13.0. The topological polar surface area (TPSA) is 64.3 Å². The Morgan fingerprint density at radius 2 is 2.25 bits per heavy atom. The Morgan fingerprint density at radius 3 is 2.95 bits per heavy atom. The quantitative estimate of drug-likeness (QED) is 0.921. The maximum absolute atomic E-state index is 5.90. The second-order valence-corrected chi connectivity index (χ2v) is 6.82. The minimum Gasteiger partial charge on any atom is -0.377 e. The summed E-state index contributed by atoms with van der Waals surface area (Å²) in [7, 11) is 0. The van der Waals surface area contributed by atoms with Gasteiger partial charge in [-0.25, -0.2) is 4.98 Å². The van der Waals surface area contributed by atoms with E-state index in [1.54, 1.807) is 11.3 Å². The van der Waals surface area contributed by atoms with E-state index in [0.29, 0.717) is 12.6 Å². The summed E-state index contributed by atoms with van der Waals surface area (Å²) in [6, 6.07) is 2.19. The third-order valence-electron chi connectivity index (χ3n) is 3.69. The van der Waals surface area contributed by atoms with E-state index in [1.807, 2.05) is 0 Å². The average Bonchev–Trinajstić information content (AvgIpc) is 2.80. The molecule has 2 aromatic rings. The Hall–Kier alpha value is -1.40. The lowest BCUT2D eigenvalue weighted by molar-refractivity contribution is 0.0641. The van der Waals surface area contributed by atoms with Crippen molar-refractivity contribution in [2.75, 3.05) is 30.4 Å². The largest absolute Gasteiger partial charge is 0.377 e. The molecule has 20 heavy (non-hydrogen) atoms.